The van der Waals surface area contributed by atoms with Crippen molar-refractivity contribution in [3.05, 3.63) is 54.2 Å². The summed E-state index contributed by atoms with van der Waals surface area (Å²) in [6, 6.07) is 13.4. The normalized spacial score (nSPS) is 13.3. The van der Waals surface area contributed by atoms with Crippen LogP contribution in [0.15, 0.2) is 42.6 Å². The summed E-state index contributed by atoms with van der Waals surface area (Å²) in [5, 5.41) is 0. The van der Waals surface area contributed by atoms with E-state index in [1.54, 1.807) is 30.5 Å². The molecule has 0 amide bonds. The fourth-order valence-corrected chi connectivity index (χ4v) is 1.16. The van der Waals surface area contributed by atoms with Crippen LogP contribution < -0.4 is 0 Å². The van der Waals surface area contributed by atoms with Crippen molar-refractivity contribution < 1.29 is 24.2 Å². The first-order chi connectivity index (χ1) is 7.59. The van der Waals surface area contributed by atoms with Crippen molar-refractivity contribution in [1.29, 1.82) is 0 Å². The van der Waals surface area contributed by atoms with E-state index < -0.39 is 6.85 Å². The van der Waals surface area contributed by atoms with Crippen LogP contribution in [0.5, 0.6) is 0 Å². The van der Waals surface area contributed by atoms with Crippen LogP contribution in [0.2, 0.25) is 0 Å². The van der Waals surface area contributed by atoms with Crippen molar-refractivity contribution in [1.82, 2.24) is 4.98 Å². The van der Waals surface area contributed by atoms with Gasteiger partial charge in [-0.1, -0.05) is 11.6 Å². The summed E-state index contributed by atoms with van der Waals surface area (Å²) >= 11 is 0. The molecule has 0 saturated heterocycles. The molecule has 0 bridgehead atoms. The van der Waals surface area contributed by atoms with Crippen LogP contribution in [-0.2, 0) is 20.1 Å². The van der Waals surface area contributed by atoms with Gasteiger partial charge in [0.15, 0.2) is 0 Å². The van der Waals surface area contributed by atoms with E-state index in [0.717, 1.165) is 0 Å². The molecule has 1 heterocycles. The average molecular weight is 363 g/mol. The second-order valence-corrected chi connectivity index (χ2v) is 2.68. The second kappa shape index (κ2) is 5.04. The third kappa shape index (κ3) is 2.28. The van der Waals surface area contributed by atoms with E-state index in [4.69, 9.17) is 4.11 Å². The summed E-state index contributed by atoms with van der Waals surface area (Å²) in [5.74, 6) is 0. The first-order valence-corrected chi connectivity index (χ1v) is 4.01. The van der Waals surface area contributed by atoms with E-state index in [1.165, 1.54) is 0 Å². The van der Waals surface area contributed by atoms with Crippen LogP contribution in [0, 0.1) is 12.9 Å². The van der Waals surface area contributed by atoms with Crippen molar-refractivity contribution >= 4 is 0 Å². The predicted molar refractivity (Wildman–Crippen MR) is 53.2 cm³/mol. The Morgan fingerprint density at radius 1 is 1.29 bits per heavy atom. The van der Waals surface area contributed by atoms with Gasteiger partial charge in [0.1, 0.15) is 0 Å². The molecular formula is C12H10IrN-. The van der Waals surface area contributed by atoms with Crippen LogP contribution in [0.3, 0.4) is 0 Å². The van der Waals surface area contributed by atoms with Gasteiger partial charge in [-0.05, 0) is 18.6 Å². The summed E-state index contributed by atoms with van der Waals surface area (Å²) < 4.78 is 22.3. The topological polar surface area (TPSA) is 12.9 Å². The molecule has 2 rings (SSSR count). The number of aromatic nitrogens is 1. The Labute approximate surface area is 102 Å². The maximum Gasteiger partial charge on any atom is 0.0272 e. The molecule has 0 N–H and O–H groups in total. The average Bonchev–Trinajstić information content (AvgIpc) is 2.29. The molecule has 0 fully saturated rings. The van der Waals surface area contributed by atoms with Gasteiger partial charge in [-0.3, -0.25) is 0 Å². The van der Waals surface area contributed by atoms with Gasteiger partial charge in [0.05, 0.1) is 0 Å². The van der Waals surface area contributed by atoms with E-state index in [1.807, 2.05) is 12.1 Å². The van der Waals surface area contributed by atoms with Gasteiger partial charge in [-0.15, -0.1) is 35.9 Å². The van der Waals surface area contributed by atoms with Gasteiger partial charge in [-0.2, -0.15) is 0 Å². The monoisotopic (exact) mass is 364 g/mol. The molecule has 1 aromatic carbocycles. The maximum absolute atomic E-state index is 7.44. The summed E-state index contributed by atoms with van der Waals surface area (Å²) in [5.41, 5.74) is 1.44. The Hall–Kier alpha value is -0.981. The number of pyridine rings is 1. The zero-order valence-electron chi connectivity index (χ0n) is 10.3. The van der Waals surface area contributed by atoms with E-state index in [-0.39, 0.29) is 25.7 Å². The Balaban J connectivity index is 0.00000144. The fraction of sp³-hybridized carbons (Fsp3) is 0.0833. The number of benzene rings is 1. The molecule has 1 aromatic heterocycles. The largest absolute Gasteiger partial charge is 0.304 e. The molecule has 0 aliphatic rings. The Morgan fingerprint density at radius 3 is 2.93 bits per heavy atom. The smallest absolute Gasteiger partial charge is 0.0272 e. The molecule has 73 valence electrons. The minimum atomic E-state index is -2.15. The zero-order valence-corrected chi connectivity index (χ0v) is 9.72. The molecule has 2 heteroatoms. The molecule has 0 saturated carbocycles. The number of nitrogens with zero attached hydrogens (tertiary/aromatic N) is 1. The Kier molecular flexibility index (Phi) is 2.64. The molecule has 1 nitrogen and oxygen atoms in total. The Bertz CT molecular complexity index is 483. The number of hydrogen-bond acceptors (Lipinski definition) is 1. The molecule has 14 heavy (non-hydrogen) atoms. The van der Waals surface area contributed by atoms with Crippen LogP contribution in [-0.4, -0.2) is 4.98 Å². The first kappa shape index (κ1) is 7.33. The van der Waals surface area contributed by atoms with E-state index in [0.29, 0.717) is 11.3 Å². The molecular weight excluding hydrogens is 350 g/mol. The molecule has 0 aliphatic heterocycles. The molecule has 0 aliphatic carbocycles. The predicted octanol–water partition coefficient (Wildman–Crippen LogP) is 2.85. The summed E-state index contributed by atoms with van der Waals surface area (Å²) in [6.07, 6.45) is 1.59. The minimum Gasteiger partial charge on any atom is -0.304 e. The quantitative estimate of drug-likeness (QED) is 0.710. The van der Waals surface area contributed by atoms with Gasteiger partial charge in [0, 0.05) is 30.4 Å². The van der Waals surface area contributed by atoms with Crippen LogP contribution in [0.25, 0.3) is 11.3 Å². The first-order valence-electron chi connectivity index (χ1n) is 5.51. The number of hydrogen-bond donors (Lipinski definition) is 0. The molecule has 2 aromatic rings. The van der Waals surface area contributed by atoms with Crippen LogP contribution in [0.1, 0.15) is 9.68 Å². The van der Waals surface area contributed by atoms with Gasteiger partial charge in [0.25, 0.3) is 0 Å². The molecule has 0 atom stereocenters. The van der Waals surface area contributed by atoms with Crippen molar-refractivity contribution in [2.45, 2.75) is 6.85 Å². The maximum atomic E-state index is 7.44. The summed E-state index contributed by atoms with van der Waals surface area (Å²) in [4.78, 5) is 4.12. The third-order valence-electron chi connectivity index (χ3n) is 1.77. The fourth-order valence-electron chi connectivity index (χ4n) is 1.16. The zero-order chi connectivity index (χ0) is 11.6. The summed E-state index contributed by atoms with van der Waals surface area (Å²) in [6.45, 7) is -2.15. The molecule has 0 unspecified atom stereocenters. The van der Waals surface area contributed by atoms with E-state index in [2.05, 4.69) is 11.1 Å². The van der Waals surface area contributed by atoms with Crippen molar-refractivity contribution in [3.8, 4) is 11.3 Å². The minimum absolute atomic E-state index is 0. The van der Waals surface area contributed by atoms with E-state index in [9.17, 15) is 0 Å². The van der Waals surface area contributed by atoms with Crippen molar-refractivity contribution in [3.63, 3.8) is 0 Å². The third-order valence-corrected chi connectivity index (χ3v) is 1.77. The van der Waals surface area contributed by atoms with Crippen LogP contribution >= 0.6 is 0 Å². The van der Waals surface area contributed by atoms with Gasteiger partial charge in [0.2, 0.25) is 0 Å². The molecule has 0 spiro atoms. The van der Waals surface area contributed by atoms with Crippen molar-refractivity contribution in [2.75, 3.05) is 0 Å². The van der Waals surface area contributed by atoms with E-state index >= 15 is 0 Å². The standard InChI is InChI=1S/C12H10N.Ir/c1-10-6-5-9-13-12(10)11-7-3-2-4-8-11;/h2-7,9H,1H3;/q-1;/i1D3;. The number of aryl methyl sites for hydroxylation is 1. The van der Waals surface area contributed by atoms with Gasteiger partial charge >= 0.3 is 0 Å². The van der Waals surface area contributed by atoms with Gasteiger partial charge in [-0.25, -0.2) is 0 Å². The SMILES string of the molecule is [2H]C([2H])([2H])c1cccnc1-c1[c-]cccc1.[Ir]. The van der Waals surface area contributed by atoms with Crippen molar-refractivity contribution in [2.24, 2.45) is 0 Å². The molecule has 1 radical (unpaired) electrons. The van der Waals surface area contributed by atoms with Gasteiger partial charge < -0.3 is 4.98 Å². The number of rotatable bonds is 1. The second-order valence-electron chi connectivity index (χ2n) is 2.68. The summed E-state index contributed by atoms with van der Waals surface area (Å²) in [7, 11) is 0. The Morgan fingerprint density at radius 2 is 2.21 bits per heavy atom. The van der Waals surface area contributed by atoms with Crippen LogP contribution in [0.4, 0.5) is 0 Å².